The van der Waals surface area contributed by atoms with Crippen LogP contribution in [0.25, 0.3) is 0 Å². The third-order valence-electron chi connectivity index (χ3n) is 3.30. The molecule has 0 aliphatic rings. The number of carbonyl (C=O) groups excluding carboxylic acids is 1. The van der Waals surface area contributed by atoms with Gasteiger partial charge in [0.2, 0.25) is 5.91 Å². The predicted octanol–water partition coefficient (Wildman–Crippen LogP) is 3.00. The summed E-state index contributed by atoms with van der Waals surface area (Å²) in [7, 11) is 0. The number of rotatable bonds is 12. The van der Waals surface area contributed by atoms with Gasteiger partial charge in [-0.25, -0.2) is 0 Å². The molecule has 0 fully saturated rings. The fourth-order valence-electron chi connectivity index (χ4n) is 2.03. The molecule has 0 saturated carbocycles. The first-order valence-corrected chi connectivity index (χ1v) is 7.93. The van der Waals surface area contributed by atoms with E-state index in [1.54, 1.807) is 0 Å². The number of nitrogens with one attached hydrogen (secondary N) is 1. The zero-order valence-corrected chi connectivity index (χ0v) is 13.1. The number of benzene rings is 1. The van der Waals surface area contributed by atoms with Crippen LogP contribution in [0.5, 0.6) is 5.75 Å². The van der Waals surface area contributed by atoms with Gasteiger partial charge in [-0.05, 0) is 43.5 Å². The minimum atomic E-state index is -0.218. The van der Waals surface area contributed by atoms with E-state index in [0.717, 1.165) is 44.7 Å². The van der Waals surface area contributed by atoms with Crippen molar-refractivity contribution in [3.05, 3.63) is 29.8 Å². The van der Waals surface area contributed by atoms with E-state index < -0.39 is 0 Å². The molecule has 0 heterocycles. The van der Waals surface area contributed by atoms with E-state index in [2.05, 4.69) is 24.4 Å². The molecule has 0 spiro atoms. The summed E-state index contributed by atoms with van der Waals surface area (Å²) >= 11 is 0. The van der Waals surface area contributed by atoms with Crippen molar-refractivity contribution in [2.75, 3.05) is 13.2 Å². The number of primary amides is 1. The number of carbonyl (C=O) groups is 1. The highest BCUT2D eigenvalue weighted by Crippen LogP contribution is 2.12. The lowest BCUT2D eigenvalue weighted by atomic mass is 10.2. The Hall–Kier alpha value is -1.55. The van der Waals surface area contributed by atoms with Gasteiger partial charge in [0.05, 0.1) is 6.61 Å². The van der Waals surface area contributed by atoms with E-state index >= 15 is 0 Å². The Kier molecular flexibility index (Phi) is 9.29. The first-order valence-electron chi connectivity index (χ1n) is 7.93. The first kappa shape index (κ1) is 17.5. The molecule has 0 atom stereocenters. The highest BCUT2D eigenvalue weighted by atomic mass is 16.5. The standard InChI is InChI=1S/C17H28N2O2/c1-2-3-6-13-21-16-10-8-15(9-11-16)14-19-12-5-4-7-17(18)20/h8-11,19H,2-7,12-14H2,1H3,(H2,18,20). The van der Waals surface area contributed by atoms with E-state index in [0.29, 0.717) is 6.42 Å². The maximum Gasteiger partial charge on any atom is 0.217 e. The van der Waals surface area contributed by atoms with Gasteiger partial charge in [-0.15, -0.1) is 0 Å². The van der Waals surface area contributed by atoms with Gasteiger partial charge in [-0.2, -0.15) is 0 Å². The lowest BCUT2D eigenvalue weighted by Gasteiger charge is -2.08. The largest absolute Gasteiger partial charge is 0.494 e. The fraction of sp³-hybridized carbons (Fsp3) is 0.588. The molecule has 1 aromatic rings. The van der Waals surface area contributed by atoms with Crippen LogP contribution in [0.4, 0.5) is 0 Å². The molecule has 4 nitrogen and oxygen atoms in total. The van der Waals surface area contributed by atoms with Crippen molar-refractivity contribution in [1.82, 2.24) is 5.32 Å². The van der Waals surface area contributed by atoms with Gasteiger partial charge >= 0.3 is 0 Å². The Morgan fingerprint density at radius 1 is 1.14 bits per heavy atom. The fourth-order valence-corrected chi connectivity index (χ4v) is 2.03. The molecule has 0 bridgehead atoms. The Labute approximate surface area is 128 Å². The third kappa shape index (κ3) is 9.08. The van der Waals surface area contributed by atoms with Gasteiger partial charge < -0.3 is 15.8 Å². The van der Waals surface area contributed by atoms with Gasteiger partial charge in [0, 0.05) is 13.0 Å². The van der Waals surface area contributed by atoms with Gasteiger partial charge in [0.25, 0.3) is 0 Å². The SMILES string of the molecule is CCCCCOc1ccc(CNCCCCC(N)=O)cc1. The number of ether oxygens (including phenoxy) is 1. The van der Waals surface area contributed by atoms with Crippen LogP contribution in [-0.2, 0) is 11.3 Å². The van der Waals surface area contributed by atoms with Crippen molar-refractivity contribution >= 4 is 5.91 Å². The van der Waals surface area contributed by atoms with Gasteiger partial charge in [-0.3, -0.25) is 4.79 Å². The molecule has 21 heavy (non-hydrogen) atoms. The molecule has 0 aliphatic carbocycles. The van der Waals surface area contributed by atoms with Crippen LogP contribution in [0.15, 0.2) is 24.3 Å². The summed E-state index contributed by atoms with van der Waals surface area (Å²) < 4.78 is 5.68. The second kappa shape index (κ2) is 11.1. The Balaban J connectivity index is 2.11. The van der Waals surface area contributed by atoms with Crippen LogP contribution in [0.2, 0.25) is 0 Å². The van der Waals surface area contributed by atoms with Crippen molar-refractivity contribution in [2.24, 2.45) is 5.73 Å². The summed E-state index contributed by atoms with van der Waals surface area (Å²) in [5, 5.41) is 3.36. The molecule has 4 heteroatoms. The van der Waals surface area contributed by atoms with E-state index in [-0.39, 0.29) is 5.91 Å². The first-order chi connectivity index (χ1) is 10.2. The molecule has 1 aromatic carbocycles. The van der Waals surface area contributed by atoms with Crippen LogP contribution in [0.1, 0.15) is 51.0 Å². The molecule has 1 rings (SSSR count). The van der Waals surface area contributed by atoms with Crippen LogP contribution < -0.4 is 15.8 Å². The summed E-state index contributed by atoms with van der Waals surface area (Å²) in [6.45, 7) is 4.73. The molecule has 0 aromatic heterocycles. The third-order valence-corrected chi connectivity index (χ3v) is 3.30. The monoisotopic (exact) mass is 292 g/mol. The normalized spacial score (nSPS) is 10.5. The number of hydrogen-bond donors (Lipinski definition) is 2. The number of nitrogens with two attached hydrogens (primary N) is 1. The zero-order valence-electron chi connectivity index (χ0n) is 13.1. The van der Waals surface area contributed by atoms with Crippen molar-refractivity contribution in [3.8, 4) is 5.75 Å². The van der Waals surface area contributed by atoms with E-state index in [9.17, 15) is 4.79 Å². The average molecular weight is 292 g/mol. The molecular formula is C17H28N2O2. The number of amides is 1. The highest BCUT2D eigenvalue weighted by molar-refractivity contribution is 5.73. The molecule has 118 valence electrons. The maximum absolute atomic E-state index is 10.6. The van der Waals surface area contributed by atoms with E-state index in [4.69, 9.17) is 10.5 Å². The Morgan fingerprint density at radius 3 is 2.57 bits per heavy atom. The second-order valence-corrected chi connectivity index (χ2v) is 5.30. The summed E-state index contributed by atoms with van der Waals surface area (Å²) in [6.07, 6.45) is 5.86. The zero-order chi connectivity index (χ0) is 15.3. The lowest BCUT2D eigenvalue weighted by Crippen LogP contribution is -2.16. The van der Waals surface area contributed by atoms with Crippen LogP contribution in [0.3, 0.4) is 0 Å². The maximum atomic E-state index is 10.6. The van der Waals surface area contributed by atoms with Crippen LogP contribution in [0, 0.1) is 0 Å². The topological polar surface area (TPSA) is 64.3 Å². The highest BCUT2D eigenvalue weighted by Gasteiger charge is 1.97. The van der Waals surface area contributed by atoms with Crippen molar-refractivity contribution in [2.45, 2.75) is 52.0 Å². The number of hydrogen-bond acceptors (Lipinski definition) is 3. The van der Waals surface area contributed by atoms with Crippen molar-refractivity contribution in [1.29, 1.82) is 0 Å². The van der Waals surface area contributed by atoms with Crippen LogP contribution in [-0.4, -0.2) is 19.1 Å². The van der Waals surface area contributed by atoms with Gasteiger partial charge in [0.1, 0.15) is 5.75 Å². The Bertz CT molecular complexity index is 390. The van der Waals surface area contributed by atoms with Crippen LogP contribution >= 0.6 is 0 Å². The Morgan fingerprint density at radius 2 is 1.90 bits per heavy atom. The molecule has 1 amide bonds. The van der Waals surface area contributed by atoms with E-state index in [1.165, 1.54) is 18.4 Å². The summed E-state index contributed by atoms with van der Waals surface area (Å²) in [6, 6.07) is 8.23. The van der Waals surface area contributed by atoms with Gasteiger partial charge in [0.15, 0.2) is 0 Å². The second-order valence-electron chi connectivity index (χ2n) is 5.30. The summed E-state index contributed by atoms with van der Waals surface area (Å²) in [5.74, 6) is 0.723. The summed E-state index contributed by atoms with van der Waals surface area (Å²) in [5.41, 5.74) is 6.33. The predicted molar refractivity (Wildman–Crippen MR) is 86.2 cm³/mol. The van der Waals surface area contributed by atoms with E-state index in [1.807, 2.05) is 12.1 Å². The minimum absolute atomic E-state index is 0.218. The molecule has 0 radical (unpaired) electrons. The lowest BCUT2D eigenvalue weighted by molar-refractivity contribution is -0.118. The van der Waals surface area contributed by atoms with Crippen molar-refractivity contribution < 1.29 is 9.53 Å². The molecule has 0 unspecified atom stereocenters. The quantitative estimate of drug-likeness (QED) is 0.582. The average Bonchev–Trinajstić information content (AvgIpc) is 2.48. The molecule has 0 saturated heterocycles. The summed E-state index contributed by atoms with van der Waals surface area (Å²) in [4.78, 5) is 10.6. The number of unbranched alkanes of at least 4 members (excludes halogenated alkanes) is 3. The smallest absolute Gasteiger partial charge is 0.217 e. The minimum Gasteiger partial charge on any atom is -0.494 e. The molecular weight excluding hydrogens is 264 g/mol. The van der Waals surface area contributed by atoms with Gasteiger partial charge in [-0.1, -0.05) is 31.9 Å². The van der Waals surface area contributed by atoms with Crippen molar-refractivity contribution in [3.63, 3.8) is 0 Å². The molecule has 0 aliphatic heterocycles. The molecule has 3 N–H and O–H groups in total.